The molecule has 5 nitrogen and oxygen atoms in total. The van der Waals surface area contributed by atoms with E-state index in [4.69, 9.17) is 4.74 Å². The van der Waals surface area contributed by atoms with Gasteiger partial charge in [0.15, 0.2) is 6.61 Å². The number of halogens is 1. The van der Waals surface area contributed by atoms with Crippen molar-refractivity contribution in [3.05, 3.63) is 94.8 Å². The van der Waals surface area contributed by atoms with E-state index >= 15 is 0 Å². The van der Waals surface area contributed by atoms with Crippen molar-refractivity contribution in [1.29, 1.82) is 0 Å². The number of aryl methyl sites for hydroxylation is 1. The largest absolute Gasteiger partial charge is 0.484 e. The molecular weight excluding hydrogens is 419 g/mol. The predicted molar refractivity (Wildman–Crippen MR) is 126 cm³/mol. The maximum Gasteiger partial charge on any atom is 0.262 e. The van der Waals surface area contributed by atoms with Crippen LogP contribution in [0.4, 0.5) is 10.1 Å². The van der Waals surface area contributed by atoms with E-state index in [9.17, 15) is 14.0 Å². The Bertz CT molecular complexity index is 1160. The second-order valence-corrected chi connectivity index (χ2v) is 8.21. The average Bonchev–Trinajstić information content (AvgIpc) is 2.82. The van der Waals surface area contributed by atoms with E-state index < -0.39 is 5.82 Å². The number of carbonyl (C=O) groups is 2. The van der Waals surface area contributed by atoms with Crippen molar-refractivity contribution in [3.8, 4) is 5.75 Å². The van der Waals surface area contributed by atoms with Gasteiger partial charge in [0.1, 0.15) is 11.6 Å². The summed E-state index contributed by atoms with van der Waals surface area (Å²) in [5, 5.41) is 2.63. The summed E-state index contributed by atoms with van der Waals surface area (Å²) in [6.07, 6.45) is 1.21. The molecule has 4 rings (SSSR count). The highest BCUT2D eigenvalue weighted by Gasteiger charge is 2.31. The Morgan fingerprint density at radius 2 is 1.88 bits per heavy atom. The van der Waals surface area contributed by atoms with Crippen LogP contribution < -0.4 is 10.1 Å². The highest BCUT2D eigenvalue weighted by atomic mass is 19.1. The van der Waals surface area contributed by atoms with E-state index in [1.807, 2.05) is 36.9 Å². The van der Waals surface area contributed by atoms with Crippen LogP contribution in [0, 0.1) is 12.7 Å². The lowest BCUT2D eigenvalue weighted by molar-refractivity contribution is -0.132. The summed E-state index contributed by atoms with van der Waals surface area (Å²) < 4.78 is 19.1. The first-order valence-electron chi connectivity index (χ1n) is 11.1. The standard InChI is InChI=1S/C27H27FN2O3/c1-3-26(32)30-14-13-19-11-12-23(16-24(19)27(30)20-9-7-18(2)8-10-20)33-17-25(31)29-22-6-4-5-21(28)15-22/h4-12,15-16,27H,3,13-14,17H2,1-2H3,(H,29,31)/t27-/m1/s1. The van der Waals surface area contributed by atoms with Crippen LogP contribution >= 0.6 is 0 Å². The Kier molecular flexibility index (Phi) is 6.73. The Morgan fingerprint density at radius 3 is 2.61 bits per heavy atom. The van der Waals surface area contributed by atoms with Crippen molar-refractivity contribution < 1.29 is 18.7 Å². The summed E-state index contributed by atoms with van der Waals surface area (Å²) in [7, 11) is 0. The zero-order chi connectivity index (χ0) is 23.4. The highest BCUT2D eigenvalue weighted by Crippen LogP contribution is 2.37. The molecule has 170 valence electrons. The van der Waals surface area contributed by atoms with Crippen LogP contribution in [0.3, 0.4) is 0 Å². The third-order valence-electron chi connectivity index (χ3n) is 5.84. The minimum absolute atomic E-state index is 0.104. The zero-order valence-electron chi connectivity index (χ0n) is 18.8. The van der Waals surface area contributed by atoms with Gasteiger partial charge in [0, 0.05) is 18.7 Å². The van der Waals surface area contributed by atoms with Crippen molar-refractivity contribution in [2.75, 3.05) is 18.5 Å². The Labute approximate surface area is 193 Å². The van der Waals surface area contributed by atoms with Crippen molar-refractivity contribution in [2.45, 2.75) is 32.7 Å². The smallest absolute Gasteiger partial charge is 0.262 e. The van der Waals surface area contributed by atoms with E-state index in [1.165, 1.54) is 18.2 Å². The summed E-state index contributed by atoms with van der Waals surface area (Å²) in [5.41, 5.74) is 4.75. The molecule has 0 spiro atoms. The number of hydrogen-bond acceptors (Lipinski definition) is 3. The molecule has 0 saturated carbocycles. The number of amides is 2. The fourth-order valence-electron chi connectivity index (χ4n) is 4.18. The lowest BCUT2D eigenvalue weighted by Gasteiger charge is -2.38. The Hall–Kier alpha value is -3.67. The summed E-state index contributed by atoms with van der Waals surface area (Å²) in [4.78, 5) is 26.9. The molecule has 1 aliphatic rings. The van der Waals surface area contributed by atoms with Crippen LogP contribution in [0.15, 0.2) is 66.7 Å². The molecule has 0 radical (unpaired) electrons. The third-order valence-corrected chi connectivity index (χ3v) is 5.84. The molecule has 0 saturated heterocycles. The summed E-state index contributed by atoms with van der Waals surface area (Å²) in [6.45, 7) is 4.37. The normalized spacial score (nSPS) is 15.0. The number of nitrogens with one attached hydrogen (secondary N) is 1. The van der Waals surface area contributed by atoms with Crippen molar-refractivity contribution in [3.63, 3.8) is 0 Å². The van der Waals surface area contributed by atoms with Crippen molar-refractivity contribution in [1.82, 2.24) is 4.90 Å². The number of nitrogens with zero attached hydrogens (tertiary/aromatic N) is 1. The van der Waals surface area contributed by atoms with Gasteiger partial charge < -0.3 is 15.0 Å². The fraction of sp³-hybridized carbons (Fsp3) is 0.259. The monoisotopic (exact) mass is 446 g/mol. The Balaban J connectivity index is 1.56. The lowest BCUT2D eigenvalue weighted by Crippen LogP contribution is -2.40. The minimum atomic E-state index is -0.420. The van der Waals surface area contributed by atoms with Gasteiger partial charge in [-0.15, -0.1) is 0 Å². The summed E-state index contributed by atoms with van der Waals surface area (Å²) in [6, 6.07) is 19.5. The molecule has 0 unspecified atom stereocenters. The molecule has 1 atom stereocenters. The van der Waals surface area contributed by atoms with E-state index in [0.29, 0.717) is 24.4 Å². The van der Waals surface area contributed by atoms with Crippen molar-refractivity contribution in [2.24, 2.45) is 0 Å². The van der Waals surface area contributed by atoms with Crippen LogP contribution in [-0.4, -0.2) is 29.9 Å². The maximum atomic E-state index is 13.3. The highest BCUT2D eigenvalue weighted by molar-refractivity contribution is 5.91. The number of hydrogen-bond donors (Lipinski definition) is 1. The van der Waals surface area contributed by atoms with Crippen LogP contribution in [0.5, 0.6) is 5.75 Å². The molecule has 1 N–H and O–H groups in total. The second kappa shape index (κ2) is 9.86. The van der Waals surface area contributed by atoms with Crippen LogP contribution in [0.1, 0.15) is 41.6 Å². The third kappa shape index (κ3) is 5.22. The van der Waals surface area contributed by atoms with Gasteiger partial charge in [-0.1, -0.05) is 48.9 Å². The van der Waals surface area contributed by atoms with Gasteiger partial charge in [-0.2, -0.15) is 0 Å². The quantitative estimate of drug-likeness (QED) is 0.577. The van der Waals surface area contributed by atoms with Gasteiger partial charge >= 0.3 is 0 Å². The number of carbonyl (C=O) groups excluding carboxylic acids is 2. The molecule has 33 heavy (non-hydrogen) atoms. The second-order valence-electron chi connectivity index (χ2n) is 8.21. The molecule has 0 bridgehead atoms. The minimum Gasteiger partial charge on any atom is -0.484 e. The van der Waals surface area contributed by atoms with Gasteiger partial charge in [0.2, 0.25) is 5.91 Å². The first-order chi connectivity index (χ1) is 15.9. The molecule has 6 heteroatoms. The molecular formula is C27H27FN2O3. The average molecular weight is 447 g/mol. The number of anilines is 1. The number of fused-ring (bicyclic) bond motifs is 1. The van der Waals surface area contributed by atoms with E-state index in [0.717, 1.165) is 28.7 Å². The summed E-state index contributed by atoms with van der Waals surface area (Å²) in [5.74, 6) is -0.147. The molecule has 0 fully saturated rings. The lowest BCUT2D eigenvalue weighted by atomic mass is 9.87. The molecule has 3 aromatic rings. The topological polar surface area (TPSA) is 58.6 Å². The zero-order valence-corrected chi connectivity index (χ0v) is 18.8. The van der Waals surface area contributed by atoms with E-state index in [1.54, 1.807) is 6.07 Å². The molecule has 1 heterocycles. The fourth-order valence-corrected chi connectivity index (χ4v) is 4.18. The molecule has 3 aromatic carbocycles. The number of benzene rings is 3. The van der Waals surface area contributed by atoms with Crippen LogP contribution in [0.25, 0.3) is 0 Å². The van der Waals surface area contributed by atoms with E-state index in [2.05, 4.69) is 29.6 Å². The van der Waals surface area contributed by atoms with Gasteiger partial charge in [0.25, 0.3) is 5.91 Å². The first kappa shape index (κ1) is 22.5. The predicted octanol–water partition coefficient (Wildman–Crippen LogP) is 5.04. The molecule has 2 amide bonds. The van der Waals surface area contributed by atoms with Gasteiger partial charge in [-0.05, 0) is 60.4 Å². The van der Waals surface area contributed by atoms with Gasteiger partial charge in [0.05, 0.1) is 6.04 Å². The van der Waals surface area contributed by atoms with Gasteiger partial charge in [-0.25, -0.2) is 4.39 Å². The molecule has 1 aliphatic heterocycles. The SMILES string of the molecule is CCC(=O)N1CCc2ccc(OCC(=O)Nc3cccc(F)c3)cc2[C@H]1c1ccc(C)cc1. The van der Waals surface area contributed by atoms with Crippen LogP contribution in [0.2, 0.25) is 0 Å². The van der Waals surface area contributed by atoms with Crippen molar-refractivity contribution >= 4 is 17.5 Å². The van der Waals surface area contributed by atoms with Crippen LogP contribution in [-0.2, 0) is 16.0 Å². The molecule has 0 aromatic heterocycles. The maximum absolute atomic E-state index is 13.3. The number of ether oxygens (including phenoxy) is 1. The summed E-state index contributed by atoms with van der Waals surface area (Å²) >= 11 is 0. The Morgan fingerprint density at radius 1 is 1.09 bits per heavy atom. The van der Waals surface area contributed by atoms with E-state index in [-0.39, 0.29) is 24.5 Å². The van der Waals surface area contributed by atoms with Gasteiger partial charge in [-0.3, -0.25) is 9.59 Å². The molecule has 0 aliphatic carbocycles. The first-order valence-corrected chi connectivity index (χ1v) is 11.1. The number of rotatable bonds is 6.